The highest BCUT2D eigenvalue weighted by Gasteiger charge is 2.30. The zero-order valence-electron chi connectivity index (χ0n) is 23.4. The smallest absolute Gasteiger partial charge is 0.355 e. The van der Waals surface area contributed by atoms with Crippen molar-refractivity contribution in [2.45, 2.75) is 39.7 Å². The molecule has 41 heavy (non-hydrogen) atoms. The zero-order chi connectivity index (χ0) is 29.6. The topological polar surface area (TPSA) is 110 Å². The number of piperazine rings is 1. The molecule has 212 valence electrons. The molecule has 0 radical (unpaired) electrons. The van der Waals surface area contributed by atoms with Crippen LogP contribution in [0.25, 0.3) is 28.0 Å². The van der Waals surface area contributed by atoms with E-state index in [1.165, 1.54) is 16.7 Å². The van der Waals surface area contributed by atoms with Crippen molar-refractivity contribution < 1.29 is 9.18 Å². The normalized spacial score (nSPS) is 15.5. The molecule has 9 nitrogen and oxygen atoms in total. The lowest BCUT2D eigenvalue weighted by molar-refractivity contribution is -0.126. The molecule has 0 spiro atoms. The molecule has 1 atom stereocenters. The van der Waals surface area contributed by atoms with Crippen LogP contribution >= 0.6 is 11.6 Å². The Labute approximate surface area is 242 Å². The minimum atomic E-state index is -0.574. The lowest BCUT2D eigenvalue weighted by atomic mass is 10.0. The van der Waals surface area contributed by atoms with Crippen LogP contribution in [0.15, 0.2) is 53.8 Å². The van der Waals surface area contributed by atoms with Gasteiger partial charge in [-0.05, 0) is 55.7 Å². The van der Waals surface area contributed by atoms with Crippen molar-refractivity contribution >= 4 is 40.2 Å². The SMILES string of the molecule is C=CC(=O)N1CCN(c2nc(=O)n(-c3c(C)cc(N)nc3C(C)C)c3nc(-c4ccccc4F)c(Cl)cc23)[C@@H](C)C1. The van der Waals surface area contributed by atoms with E-state index in [1.807, 2.05) is 32.6 Å². The minimum absolute atomic E-state index is 0.0809. The summed E-state index contributed by atoms with van der Waals surface area (Å²) >= 11 is 6.76. The van der Waals surface area contributed by atoms with Gasteiger partial charge in [-0.15, -0.1) is 0 Å². The number of rotatable bonds is 5. The molecule has 0 saturated carbocycles. The third-order valence-corrected chi connectivity index (χ3v) is 7.60. The Bertz CT molecular complexity index is 1750. The van der Waals surface area contributed by atoms with Crippen LogP contribution in [-0.2, 0) is 4.79 Å². The molecule has 11 heteroatoms. The number of hydrogen-bond acceptors (Lipinski definition) is 7. The highest BCUT2D eigenvalue weighted by Crippen LogP contribution is 2.36. The van der Waals surface area contributed by atoms with E-state index in [4.69, 9.17) is 22.3 Å². The second-order valence-corrected chi connectivity index (χ2v) is 10.9. The van der Waals surface area contributed by atoms with Gasteiger partial charge in [0.2, 0.25) is 5.91 Å². The molecular weight excluding hydrogens is 545 g/mol. The number of nitrogen functional groups attached to an aromatic ring is 1. The van der Waals surface area contributed by atoms with Crippen molar-refractivity contribution in [3.63, 3.8) is 0 Å². The number of pyridine rings is 2. The van der Waals surface area contributed by atoms with Crippen molar-refractivity contribution in [3.05, 3.63) is 81.6 Å². The molecule has 1 aliphatic rings. The molecule has 2 N–H and O–H groups in total. The van der Waals surface area contributed by atoms with Crippen LogP contribution in [0.5, 0.6) is 0 Å². The minimum Gasteiger partial charge on any atom is -0.384 e. The molecule has 0 bridgehead atoms. The summed E-state index contributed by atoms with van der Waals surface area (Å²) in [6.07, 6.45) is 1.29. The van der Waals surface area contributed by atoms with Crippen LogP contribution in [0.3, 0.4) is 0 Å². The molecule has 3 aromatic heterocycles. The Morgan fingerprint density at radius 1 is 1.20 bits per heavy atom. The van der Waals surface area contributed by atoms with Gasteiger partial charge in [-0.1, -0.05) is 44.2 Å². The Morgan fingerprint density at radius 2 is 1.93 bits per heavy atom. The predicted molar refractivity (Wildman–Crippen MR) is 160 cm³/mol. The van der Waals surface area contributed by atoms with Gasteiger partial charge in [0.15, 0.2) is 5.65 Å². The van der Waals surface area contributed by atoms with E-state index < -0.39 is 11.5 Å². The largest absolute Gasteiger partial charge is 0.384 e. The maximum absolute atomic E-state index is 14.9. The molecule has 1 saturated heterocycles. The van der Waals surface area contributed by atoms with Crippen LogP contribution in [0, 0.1) is 12.7 Å². The maximum atomic E-state index is 14.9. The molecule has 0 aliphatic carbocycles. The molecule has 4 heterocycles. The fourth-order valence-corrected chi connectivity index (χ4v) is 5.63. The van der Waals surface area contributed by atoms with E-state index in [0.717, 1.165) is 0 Å². The summed E-state index contributed by atoms with van der Waals surface area (Å²) in [7, 11) is 0. The van der Waals surface area contributed by atoms with Gasteiger partial charge in [0.1, 0.15) is 17.5 Å². The van der Waals surface area contributed by atoms with Crippen molar-refractivity contribution in [2.75, 3.05) is 30.3 Å². The second kappa shape index (κ2) is 10.9. The zero-order valence-corrected chi connectivity index (χ0v) is 24.1. The first-order chi connectivity index (χ1) is 19.5. The molecular formula is C30H31ClFN7O2. The average Bonchev–Trinajstić information content (AvgIpc) is 2.93. The molecule has 1 amide bonds. The van der Waals surface area contributed by atoms with E-state index in [1.54, 1.807) is 35.2 Å². The molecule has 5 rings (SSSR count). The van der Waals surface area contributed by atoms with Crippen molar-refractivity contribution in [1.29, 1.82) is 0 Å². The summed E-state index contributed by atoms with van der Waals surface area (Å²) in [5, 5.41) is 0.719. The van der Waals surface area contributed by atoms with Crippen molar-refractivity contribution in [1.82, 2.24) is 24.4 Å². The lowest BCUT2D eigenvalue weighted by Gasteiger charge is -2.40. The number of hydrogen-bond donors (Lipinski definition) is 1. The monoisotopic (exact) mass is 575 g/mol. The highest BCUT2D eigenvalue weighted by atomic mass is 35.5. The van der Waals surface area contributed by atoms with E-state index in [9.17, 15) is 14.0 Å². The van der Waals surface area contributed by atoms with Gasteiger partial charge >= 0.3 is 5.69 Å². The summed E-state index contributed by atoms with van der Waals surface area (Å²) in [5.74, 6) is -0.00442. The summed E-state index contributed by atoms with van der Waals surface area (Å²) in [6, 6.07) is 9.40. The second-order valence-electron chi connectivity index (χ2n) is 10.5. The van der Waals surface area contributed by atoms with Gasteiger partial charge in [-0.3, -0.25) is 4.79 Å². The Balaban J connectivity index is 1.83. The number of halogens is 2. The Kier molecular flexibility index (Phi) is 7.52. The average molecular weight is 576 g/mol. The summed E-state index contributed by atoms with van der Waals surface area (Å²) in [4.78, 5) is 43.8. The third-order valence-electron chi connectivity index (χ3n) is 7.32. The Hall–Kier alpha value is -4.31. The van der Waals surface area contributed by atoms with E-state index in [2.05, 4.69) is 16.5 Å². The van der Waals surface area contributed by atoms with Gasteiger partial charge < -0.3 is 15.5 Å². The highest BCUT2D eigenvalue weighted by molar-refractivity contribution is 6.33. The van der Waals surface area contributed by atoms with Crippen molar-refractivity contribution in [3.8, 4) is 16.9 Å². The summed E-state index contributed by atoms with van der Waals surface area (Å²) < 4.78 is 16.4. The number of fused-ring (bicyclic) bond motifs is 1. The molecule has 1 aromatic carbocycles. The van der Waals surface area contributed by atoms with Crippen LogP contribution in [0.2, 0.25) is 5.02 Å². The number of amides is 1. The fraction of sp³-hybridized carbons (Fsp3) is 0.300. The third kappa shape index (κ3) is 5.04. The summed E-state index contributed by atoms with van der Waals surface area (Å²) in [6.45, 7) is 12.6. The number of anilines is 2. The van der Waals surface area contributed by atoms with Gasteiger partial charge in [0.25, 0.3) is 0 Å². The van der Waals surface area contributed by atoms with Crippen LogP contribution < -0.4 is 16.3 Å². The van der Waals surface area contributed by atoms with Crippen molar-refractivity contribution in [2.24, 2.45) is 0 Å². The van der Waals surface area contributed by atoms with E-state index in [-0.39, 0.29) is 39.8 Å². The number of nitrogens with two attached hydrogens (primary N) is 1. The molecule has 1 fully saturated rings. The molecule has 0 unspecified atom stereocenters. The number of nitrogens with zero attached hydrogens (tertiary/aromatic N) is 6. The van der Waals surface area contributed by atoms with E-state index in [0.29, 0.717) is 53.6 Å². The van der Waals surface area contributed by atoms with Crippen LogP contribution in [-0.4, -0.2) is 56.0 Å². The maximum Gasteiger partial charge on any atom is 0.355 e. The van der Waals surface area contributed by atoms with E-state index >= 15 is 0 Å². The predicted octanol–water partition coefficient (Wildman–Crippen LogP) is 4.87. The van der Waals surface area contributed by atoms with Gasteiger partial charge in [-0.25, -0.2) is 23.7 Å². The summed E-state index contributed by atoms with van der Waals surface area (Å²) in [5.41, 5.74) is 8.01. The molecule has 4 aromatic rings. The first-order valence-electron chi connectivity index (χ1n) is 13.3. The fourth-order valence-electron chi connectivity index (χ4n) is 5.38. The van der Waals surface area contributed by atoms with Gasteiger partial charge in [0, 0.05) is 31.2 Å². The van der Waals surface area contributed by atoms with Gasteiger partial charge in [0.05, 0.1) is 27.5 Å². The first kappa shape index (κ1) is 28.2. The first-order valence-corrected chi connectivity index (χ1v) is 13.7. The quantitative estimate of drug-likeness (QED) is 0.338. The van der Waals surface area contributed by atoms with Gasteiger partial charge in [-0.2, -0.15) is 4.98 Å². The number of aromatic nitrogens is 4. The standard InChI is InChI=1S/C30H31ClFN7O2/c1-6-24(40)37-11-12-38(18(5)15-37)28-20-14-21(31)26(19-9-7-8-10-22(19)32)35-29(20)39(30(41)36-28)27-17(4)13-23(33)34-25(27)16(2)3/h6-10,13-14,16,18H,1,11-12,15H2,2-5H3,(H2,33,34)/t18-/m0/s1. The lowest BCUT2D eigenvalue weighted by Crippen LogP contribution is -2.54. The van der Waals surface area contributed by atoms with Crippen LogP contribution in [0.1, 0.15) is 37.9 Å². The number of carbonyl (C=O) groups is 1. The Morgan fingerprint density at radius 3 is 2.59 bits per heavy atom. The number of aryl methyl sites for hydroxylation is 1. The number of carbonyl (C=O) groups excluding carboxylic acids is 1. The molecule has 1 aliphatic heterocycles. The number of benzene rings is 1. The van der Waals surface area contributed by atoms with Crippen LogP contribution in [0.4, 0.5) is 16.0 Å².